The van der Waals surface area contributed by atoms with E-state index >= 15 is 0 Å². The number of hydrogen-bond donors (Lipinski definition) is 5. The molecule has 0 radical (unpaired) electrons. The van der Waals surface area contributed by atoms with E-state index in [0.717, 1.165) is 44.9 Å². The molecule has 0 aliphatic carbocycles. The normalized spacial score (nSPS) is 13.0. The third-order valence-corrected chi connectivity index (χ3v) is 4.23. The number of amides is 3. The number of hydrogen-bond acceptors (Lipinski definition) is 5. The molecular weight excluding hydrogens is 334 g/mol. The van der Waals surface area contributed by atoms with Crippen molar-refractivity contribution in [3.8, 4) is 0 Å². The Morgan fingerprint density at radius 3 is 2.19 bits per heavy atom. The van der Waals surface area contributed by atoms with Gasteiger partial charge in [-0.15, -0.1) is 0 Å². The number of primary amides is 1. The summed E-state index contributed by atoms with van der Waals surface area (Å²) >= 11 is 0. The second-order valence-electron chi connectivity index (χ2n) is 6.73. The molecule has 0 aromatic rings. The molecular formula is C18H37N5O3. The summed E-state index contributed by atoms with van der Waals surface area (Å²) in [4.78, 5) is 34.9. The second-order valence-corrected chi connectivity index (χ2v) is 6.73. The number of nitrogens with two attached hydrogens (primary N) is 3. The molecule has 0 spiro atoms. The monoisotopic (exact) mass is 371 g/mol. The fourth-order valence-electron chi connectivity index (χ4n) is 2.59. The van der Waals surface area contributed by atoms with Gasteiger partial charge in [0.25, 0.3) is 0 Å². The standard InChI is InChI=1S/C18H37N5O3/c1-2-3-8-14(20)9-4-5-11-16(24)22-13-17(25)23-15(18(21)26)10-6-7-12-19/h14-15H,2-13,19-20H2,1H3,(H2,21,26)(H,22,24)(H,23,25). The van der Waals surface area contributed by atoms with Crippen molar-refractivity contribution in [2.45, 2.75) is 83.2 Å². The van der Waals surface area contributed by atoms with E-state index in [0.29, 0.717) is 25.8 Å². The van der Waals surface area contributed by atoms with E-state index in [-0.39, 0.29) is 18.5 Å². The van der Waals surface area contributed by atoms with E-state index in [1.807, 2.05) is 0 Å². The lowest BCUT2D eigenvalue weighted by Crippen LogP contribution is -2.47. The van der Waals surface area contributed by atoms with Crippen LogP contribution < -0.4 is 27.8 Å². The largest absolute Gasteiger partial charge is 0.368 e. The van der Waals surface area contributed by atoms with Crippen LogP contribution in [0.15, 0.2) is 0 Å². The highest BCUT2D eigenvalue weighted by Crippen LogP contribution is 2.07. The molecule has 2 unspecified atom stereocenters. The smallest absolute Gasteiger partial charge is 0.240 e. The highest BCUT2D eigenvalue weighted by atomic mass is 16.2. The summed E-state index contributed by atoms with van der Waals surface area (Å²) in [6.07, 6.45) is 8.14. The molecule has 0 aromatic heterocycles. The van der Waals surface area contributed by atoms with Crippen molar-refractivity contribution in [2.24, 2.45) is 17.2 Å². The fourth-order valence-corrected chi connectivity index (χ4v) is 2.59. The Balaban J connectivity index is 3.88. The zero-order chi connectivity index (χ0) is 19.8. The van der Waals surface area contributed by atoms with E-state index in [1.165, 1.54) is 0 Å². The Kier molecular flexibility index (Phi) is 14.6. The van der Waals surface area contributed by atoms with Crippen molar-refractivity contribution in [1.29, 1.82) is 0 Å². The van der Waals surface area contributed by atoms with Crippen molar-refractivity contribution >= 4 is 17.7 Å². The first-order valence-electron chi connectivity index (χ1n) is 9.71. The van der Waals surface area contributed by atoms with Crippen LogP contribution in [0.25, 0.3) is 0 Å². The minimum atomic E-state index is -0.726. The van der Waals surface area contributed by atoms with Crippen molar-refractivity contribution in [2.75, 3.05) is 13.1 Å². The molecule has 0 saturated heterocycles. The molecule has 0 bridgehead atoms. The van der Waals surface area contributed by atoms with Crippen LogP contribution in [0.1, 0.15) is 71.1 Å². The van der Waals surface area contributed by atoms with Crippen molar-refractivity contribution in [1.82, 2.24) is 10.6 Å². The molecule has 2 atom stereocenters. The van der Waals surface area contributed by atoms with Gasteiger partial charge >= 0.3 is 0 Å². The molecule has 0 aromatic carbocycles. The summed E-state index contributed by atoms with van der Waals surface area (Å²) in [5, 5.41) is 5.11. The van der Waals surface area contributed by atoms with E-state index < -0.39 is 17.9 Å². The molecule has 26 heavy (non-hydrogen) atoms. The summed E-state index contributed by atoms with van der Waals surface area (Å²) in [5.41, 5.74) is 16.7. The molecule has 8 nitrogen and oxygen atoms in total. The van der Waals surface area contributed by atoms with Gasteiger partial charge in [0, 0.05) is 12.5 Å². The molecule has 3 amide bonds. The third-order valence-electron chi connectivity index (χ3n) is 4.23. The summed E-state index contributed by atoms with van der Waals surface area (Å²) in [6.45, 7) is 2.51. The summed E-state index contributed by atoms with van der Waals surface area (Å²) in [5.74, 6) is -1.18. The van der Waals surface area contributed by atoms with Crippen LogP contribution in [0.3, 0.4) is 0 Å². The third kappa shape index (κ3) is 13.6. The van der Waals surface area contributed by atoms with Gasteiger partial charge in [0.2, 0.25) is 17.7 Å². The maximum atomic E-state index is 11.8. The van der Waals surface area contributed by atoms with Gasteiger partial charge in [-0.3, -0.25) is 14.4 Å². The first-order valence-corrected chi connectivity index (χ1v) is 9.71. The van der Waals surface area contributed by atoms with E-state index in [2.05, 4.69) is 17.6 Å². The van der Waals surface area contributed by atoms with Crippen molar-refractivity contribution < 1.29 is 14.4 Å². The zero-order valence-electron chi connectivity index (χ0n) is 16.1. The second kappa shape index (κ2) is 15.6. The molecule has 0 heterocycles. The fraction of sp³-hybridized carbons (Fsp3) is 0.833. The minimum absolute atomic E-state index is 0.157. The van der Waals surface area contributed by atoms with Crippen molar-refractivity contribution in [3.63, 3.8) is 0 Å². The number of unbranched alkanes of at least 4 members (excludes halogenated alkanes) is 3. The van der Waals surface area contributed by atoms with Crippen LogP contribution in [0, 0.1) is 0 Å². The Bertz CT molecular complexity index is 418. The average Bonchev–Trinajstić information content (AvgIpc) is 2.61. The van der Waals surface area contributed by atoms with Gasteiger partial charge in [-0.2, -0.15) is 0 Å². The van der Waals surface area contributed by atoms with Gasteiger partial charge in [0.1, 0.15) is 6.04 Å². The lowest BCUT2D eigenvalue weighted by atomic mass is 10.0. The highest BCUT2D eigenvalue weighted by molar-refractivity contribution is 5.89. The number of nitrogens with one attached hydrogen (secondary N) is 2. The van der Waals surface area contributed by atoms with Crippen LogP contribution in [-0.4, -0.2) is 42.9 Å². The summed E-state index contributed by atoms with van der Waals surface area (Å²) < 4.78 is 0. The molecule has 0 rings (SSSR count). The number of carbonyl (C=O) groups is 3. The van der Waals surface area contributed by atoms with Gasteiger partial charge < -0.3 is 27.8 Å². The lowest BCUT2D eigenvalue weighted by molar-refractivity contribution is -0.128. The zero-order valence-corrected chi connectivity index (χ0v) is 16.1. The Morgan fingerprint density at radius 2 is 1.58 bits per heavy atom. The van der Waals surface area contributed by atoms with Crippen LogP contribution in [0.2, 0.25) is 0 Å². The van der Waals surface area contributed by atoms with E-state index in [9.17, 15) is 14.4 Å². The molecule has 0 saturated carbocycles. The topological polar surface area (TPSA) is 153 Å². The van der Waals surface area contributed by atoms with Gasteiger partial charge in [-0.05, 0) is 45.1 Å². The van der Waals surface area contributed by atoms with Crippen LogP contribution in [0.5, 0.6) is 0 Å². The maximum absolute atomic E-state index is 11.8. The maximum Gasteiger partial charge on any atom is 0.240 e. The Hall–Kier alpha value is -1.67. The van der Waals surface area contributed by atoms with E-state index in [4.69, 9.17) is 17.2 Å². The number of rotatable bonds is 16. The molecule has 8 heteroatoms. The van der Waals surface area contributed by atoms with Gasteiger partial charge in [0.05, 0.1) is 6.54 Å². The lowest BCUT2D eigenvalue weighted by Gasteiger charge is -2.15. The quantitative estimate of drug-likeness (QED) is 0.247. The molecule has 0 aliphatic heterocycles. The van der Waals surface area contributed by atoms with Gasteiger partial charge in [-0.25, -0.2) is 0 Å². The Morgan fingerprint density at radius 1 is 0.923 bits per heavy atom. The van der Waals surface area contributed by atoms with Crippen LogP contribution in [-0.2, 0) is 14.4 Å². The number of carbonyl (C=O) groups excluding carboxylic acids is 3. The Labute approximate surface area is 157 Å². The average molecular weight is 372 g/mol. The molecule has 8 N–H and O–H groups in total. The molecule has 0 fully saturated rings. The summed E-state index contributed by atoms with van der Waals surface area (Å²) in [7, 11) is 0. The van der Waals surface area contributed by atoms with Gasteiger partial charge in [0.15, 0.2) is 0 Å². The highest BCUT2D eigenvalue weighted by Gasteiger charge is 2.17. The first-order chi connectivity index (χ1) is 12.4. The minimum Gasteiger partial charge on any atom is -0.368 e. The predicted octanol–water partition coefficient (Wildman–Crippen LogP) is 0.280. The summed E-state index contributed by atoms with van der Waals surface area (Å²) in [6, 6.07) is -0.524. The van der Waals surface area contributed by atoms with E-state index in [1.54, 1.807) is 0 Å². The van der Waals surface area contributed by atoms with Gasteiger partial charge in [-0.1, -0.05) is 26.2 Å². The molecule has 152 valence electrons. The first kappa shape index (κ1) is 24.3. The van der Waals surface area contributed by atoms with Crippen molar-refractivity contribution in [3.05, 3.63) is 0 Å². The van der Waals surface area contributed by atoms with Crippen LogP contribution >= 0.6 is 0 Å². The molecule has 0 aliphatic rings. The van der Waals surface area contributed by atoms with Crippen LogP contribution in [0.4, 0.5) is 0 Å². The predicted molar refractivity (Wildman–Crippen MR) is 103 cm³/mol. The SMILES string of the molecule is CCCCC(N)CCCCC(=O)NCC(=O)NC(CCCCN)C(N)=O.